The lowest BCUT2D eigenvalue weighted by molar-refractivity contribution is -0.126. The molecule has 0 heterocycles. The van der Waals surface area contributed by atoms with E-state index in [9.17, 15) is 9.59 Å². The van der Waals surface area contributed by atoms with Gasteiger partial charge in [0, 0.05) is 17.6 Å². The van der Waals surface area contributed by atoms with E-state index in [0.29, 0.717) is 10.7 Å². The summed E-state index contributed by atoms with van der Waals surface area (Å²) in [5.74, 6) is -0.462. The molecule has 0 bridgehead atoms. The van der Waals surface area contributed by atoms with Crippen LogP contribution in [-0.2, 0) is 9.59 Å². The van der Waals surface area contributed by atoms with E-state index in [1.807, 2.05) is 26.8 Å². The maximum Gasteiger partial charge on any atom is 0.247 e. The van der Waals surface area contributed by atoms with Crippen molar-refractivity contribution in [1.29, 1.82) is 0 Å². The van der Waals surface area contributed by atoms with Crippen molar-refractivity contribution in [2.24, 2.45) is 5.92 Å². The summed E-state index contributed by atoms with van der Waals surface area (Å²) >= 11 is 5.91. The van der Waals surface area contributed by atoms with E-state index in [1.165, 1.54) is 6.92 Å². The van der Waals surface area contributed by atoms with Crippen molar-refractivity contribution in [2.45, 2.75) is 33.7 Å². The number of amides is 2. The van der Waals surface area contributed by atoms with Crippen LogP contribution in [0.3, 0.4) is 0 Å². The van der Waals surface area contributed by atoms with Gasteiger partial charge in [-0.2, -0.15) is 0 Å². The van der Waals surface area contributed by atoms with Gasteiger partial charge in [0.2, 0.25) is 11.8 Å². The Morgan fingerprint density at radius 3 is 2.42 bits per heavy atom. The lowest BCUT2D eigenvalue weighted by atomic mass is 10.0. The van der Waals surface area contributed by atoms with Gasteiger partial charge in [0.25, 0.3) is 0 Å². The van der Waals surface area contributed by atoms with E-state index in [1.54, 1.807) is 12.1 Å². The third kappa shape index (κ3) is 4.56. The molecule has 2 N–H and O–H groups in total. The van der Waals surface area contributed by atoms with E-state index >= 15 is 0 Å². The number of hydrogen-bond donors (Lipinski definition) is 2. The number of carbonyl (C=O) groups excluding carboxylic acids is 2. The number of anilines is 1. The first-order valence-corrected chi connectivity index (χ1v) is 6.53. The third-order valence-corrected chi connectivity index (χ3v) is 3.00. The van der Waals surface area contributed by atoms with E-state index in [2.05, 4.69) is 10.6 Å². The van der Waals surface area contributed by atoms with Crippen molar-refractivity contribution in [2.75, 3.05) is 5.32 Å². The molecular weight excluding hydrogens is 264 g/mol. The zero-order chi connectivity index (χ0) is 14.6. The van der Waals surface area contributed by atoms with E-state index in [4.69, 9.17) is 11.6 Å². The van der Waals surface area contributed by atoms with Gasteiger partial charge in [-0.3, -0.25) is 9.59 Å². The molecule has 104 valence electrons. The largest absolute Gasteiger partial charge is 0.344 e. The number of aryl methyl sites for hydroxylation is 1. The molecule has 0 aliphatic rings. The number of benzene rings is 1. The molecule has 5 heteroatoms. The van der Waals surface area contributed by atoms with Crippen molar-refractivity contribution in [1.82, 2.24) is 5.32 Å². The van der Waals surface area contributed by atoms with Gasteiger partial charge in [-0.15, -0.1) is 0 Å². The highest BCUT2D eigenvalue weighted by molar-refractivity contribution is 6.31. The van der Waals surface area contributed by atoms with Gasteiger partial charge in [0.1, 0.15) is 6.04 Å². The molecule has 19 heavy (non-hydrogen) atoms. The van der Waals surface area contributed by atoms with Crippen molar-refractivity contribution in [3.05, 3.63) is 28.8 Å². The fraction of sp³-hybridized carbons (Fsp3) is 0.429. The lowest BCUT2D eigenvalue weighted by Crippen LogP contribution is -2.46. The van der Waals surface area contributed by atoms with Crippen molar-refractivity contribution >= 4 is 29.1 Å². The summed E-state index contributed by atoms with van der Waals surface area (Å²) < 4.78 is 0. The van der Waals surface area contributed by atoms with Crippen molar-refractivity contribution in [3.8, 4) is 0 Å². The van der Waals surface area contributed by atoms with Gasteiger partial charge in [0.15, 0.2) is 0 Å². The molecule has 0 spiro atoms. The zero-order valence-corrected chi connectivity index (χ0v) is 12.3. The molecule has 0 saturated carbocycles. The van der Waals surface area contributed by atoms with Crippen LogP contribution >= 0.6 is 11.6 Å². The molecule has 0 radical (unpaired) electrons. The second kappa shape index (κ2) is 6.57. The smallest absolute Gasteiger partial charge is 0.247 e. The quantitative estimate of drug-likeness (QED) is 0.892. The Morgan fingerprint density at radius 2 is 1.89 bits per heavy atom. The van der Waals surface area contributed by atoms with Crippen LogP contribution in [0.2, 0.25) is 5.02 Å². The first-order chi connectivity index (χ1) is 8.81. The summed E-state index contributed by atoms with van der Waals surface area (Å²) in [6, 6.07) is 4.73. The number of hydrogen-bond acceptors (Lipinski definition) is 2. The van der Waals surface area contributed by atoms with Crippen LogP contribution in [0.15, 0.2) is 18.2 Å². The maximum atomic E-state index is 12.2. The molecular formula is C14H19ClN2O2. The Labute approximate surface area is 118 Å². The standard InChI is InChI=1S/C14H19ClN2O2/c1-8(2)13(16-10(4)18)14(19)17-12-7-11(15)6-5-9(12)3/h5-8,13H,1-4H3,(H,16,18)(H,17,19). The molecule has 2 amide bonds. The normalized spacial score (nSPS) is 12.1. The SMILES string of the molecule is CC(=O)NC(C(=O)Nc1cc(Cl)ccc1C)C(C)C. The predicted molar refractivity (Wildman–Crippen MR) is 77.3 cm³/mol. The van der Waals surface area contributed by atoms with Crippen molar-refractivity contribution in [3.63, 3.8) is 0 Å². The highest BCUT2D eigenvalue weighted by Crippen LogP contribution is 2.20. The van der Waals surface area contributed by atoms with Gasteiger partial charge >= 0.3 is 0 Å². The van der Waals surface area contributed by atoms with Gasteiger partial charge in [-0.1, -0.05) is 31.5 Å². The fourth-order valence-corrected chi connectivity index (χ4v) is 1.87. The number of carbonyl (C=O) groups is 2. The van der Waals surface area contributed by atoms with E-state index in [0.717, 1.165) is 5.56 Å². The summed E-state index contributed by atoms with van der Waals surface area (Å²) in [5, 5.41) is 6.01. The molecule has 0 aliphatic heterocycles. The van der Waals surface area contributed by atoms with Crippen LogP contribution in [0.1, 0.15) is 26.3 Å². The molecule has 1 unspecified atom stereocenters. The summed E-state index contributed by atoms with van der Waals surface area (Å²) in [6.45, 7) is 7.04. The summed E-state index contributed by atoms with van der Waals surface area (Å²) in [4.78, 5) is 23.3. The topological polar surface area (TPSA) is 58.2 Å². The summed E-state index contributed by atoms with van der Waals surface area (Å²) in [6.07, 6.45) is 0. The lowest BCUT2D eigenvalue weighted by Gasteiger charge is -2.21. The van der Waals surface area contributed by atoms with Gasteiger partial charge in [-0.05, 0) is 30.5 Å². The van der Waals surface area contributed by atoms with Crippen LogP contribution in [0.5, 0.6) is 0 Å². The van der Waals surface area contributed by atoms with Crippen LogP contribution < -0.4 is 10.6 Å². The van der Waals surface area contributed by atoms with Gasteiger partial charge in [0.05, 0.1) is 0 Å². The third-order valence-electron chi connectivity index (χ3n) is 2.77. The van der Waals surface area contributed by atoms with Crippen LogP contribution in [0.25, 0.3) is 0 Å². The minimum atomic E-state index is -0.559. The molecule has 1 atom stereocenters. The zero-order valence-electron chi connectivity index (χ0n) is 11.6. The first-order valence-electron chi connectivity index (χ1n) is 6.15. The number of nitrogens with one attached hydrogen (secondary N) is 2. The summed E-state index contributed by atoms with van der Waals surface area (Å²) in [5.41, 5.74) is 1.58. The van der Waals surface area contributed by atoms with Crippen LogP contribution in [0.4, 0.5) is 5.69 Å². The molecule has 0 fully saturated rings. The Bertz CT molecular complexity index is 486. The van der Waals surface area contributed by atoms with Crippen LogP contribution in [-0.4, -0.2) is 17.9 Å². The fourth-order valence-electron chi connectivity index (χ4n) is 1.69. The van der Waals surface area contributed by atoms with Gasteiger partial charge < -0.3 is 10.6 Å². The van der Waals surface area contributed by atoms with E-state index < -0.39 is 6.04 Å². The highest BCUT2D eigenvalue weighted by atomic mass is 35.5. The minimum Gasteiger partial charge on any atom is -0.344 e. The molecule has 1 aromatic rings. The number of halogens is 1. The van der Waals surface area contributed by atoms with Crippen molar-refractivity contribution < 1.29 is 9.59 Å². The monoisotopic (exact) mass is 282 g/mol. The maximum absolute atomic E-state index is 12.2. The Morgan fingerprint density at radius 1 is 1.26 bits per heavy atom. The molecule has 0 aromatic heterocycles. The average molecular weight is 283 g/mol. The van der Waals surface area contributed by atoms with Gasteiger partial charge in [-0.25, -0.2) is 0 Å². The predicted octanol–water partition coefficient (Wildman–Crippen LogP) is 2.75. The molecule has 0 aliphatic carbocycles. The van der Waals surface area contributed by atoms with E-state index in [-0.39, 0.29) is 17.7 Å². The molecule has 1 aromatic carbocycles. The summed E-state index contributed by atoms with van der Waals surface area (Å²) in [7, 11) is 0. The average Bonchev–Trinajstić information content (AvgIpc) is 2.30. The molecule has 4 nitrogen and oxygen atoms in total. The molecule has 0 saturated heterocycles. The number of rotatable bonds is 4. The molecule has 1 rings (SSSR count). The second-order valence-corrected chi connectivity index (χ2v) is 5.31. The second-order valence-electron chi connectivity index (χ2n) is 4.87. The first kappa shape index (κ1) is 15.5. The highest BCUT2D eigenvalue weighted by Gasteiger charge is 2.23. The minimum absolute atomic E-state index is 0.00314. The van der Waals surface area contributed by atoms with Crippen LogP contribution in [0, 0.1) is 12.8 Å². The Balaban J connectivity index is 2.87. The Hall–Kier alpha value is -1.55. The Kier molecular flexibility index (Phi) is 5.36.